The molecule has 6 heteroatoms. The van der Waals surface area contributed by atoms with Crippen molar-refractivity contribution in [3.63, 3.8) is 0 Å². The fourth-order valence-corrected chi connectivity index (χ4v) is 1.90. The summed E-state index contributed by atoms with van der Waals surface area (Å²) in [6, 6.07) is 5.11. The van der Waals surface area contributed by atoms with Crippen LogP contribution in [0.2, 0.25) is 10.2 Å². The molecule has 0 aliphatic heterocycles. The Balaban J connectivity index is 1.98. The van der Waals surface area contributed by atoms with Gasteiger partial charge in [-0.25, -0.2) is 4.98 Å². The zero-order valence-electron chi connectivity index (χ0n) is 10.2. The summed E-state index contributed by atoms with van der Waals surface area (Å²) in [7, 11) is 0. The van der Waals surface area contributed by atoms with E-state index in [2.05, 4.69) is 10.3 Å². The molecule has 0 aromatic carbocycles. The number of hydrogen-bond donors (Lipinski definition) is 1. The first kappa shape index (κ1) is 13.9. The average Bonchev–Trinajstić information content (AvgIpc) is 2.85. The fourth-order valence-electron chi connectivity index (χ4n) is 1.63. The summed E-state index contributed by atoms with van der Waals surface area (Å²) < 4.78 is 5.22. The van der Waals surface area contributed by atoms with E-state index in [9.17, 15) is 4.79 Å². The summed E-state index contributed by atoms with van der Waals surface area (Å²) in [5.74, 6) is 0.574. The topological polar surface area (TPSA) is 55.1 Å². The Kier molecular flexibility index (Phi) is 4.45. The van der Waals surface area contributed by atoms with Gasteiger partial charge in [0.15, 0.2) is 0 Å². The van der Waals surface area contributed by atoms with Crippen LogP contribution >= 0.6 is 23.2 Å². The van der Waals surface area contributed by atoms with Crippen molar-refractivity contribution in [3.8, 4) is 0 Å². The van der Waals surface area contributed by atoms with Gasteiger partial charge in [-0.05, 0) is 25.1 Å². The van der Waals surface area contributed by atoms with Crippen LogP contribution in [0.15, 0.2) is 35.1 Å². The molecule has 2 rings (SSSR count). The van der Waals surface area contributed by atoms with Crippen LogP contribution in [0.4, 0.5) is 0 Å². The van der Waals surface area contributed by atoms with E-state index in [4.69, 9.17) is 27.6 Å². The number of amides is 1. The molecule has 0 aliphatic carbocycles. The number of halogens is 2. The van der Waals surface area contributed by atoms with Crippen LogP contribution in [0, 0.1) is 0 Å². The highest BCUT2D eigenvalue weighted by Gasteiger charge is 2.13. The molecule has 0 radical (unpaired) electrons. The van der Waals surface area contributed by atoms with Crippen LogP contribution in [0.1, 0.15) is 23.0 Å². The number of carbonyl (C=O) groups is 1. The van der Waals surface area contributed by atoms with E-state index in [0.29, 0.717) is 12.0 Å². The molecular formula is C13H12Cl2N2O2. The molecule has 1 unspecified atom stereocenters. The summed E-state index contributed by atoms with van der Waals surface area (Å²) in [6.45, 7) is 1.89. The number of hydrogen-bond acceptors (Lipinski definition) is 3. The summed E-state index contributed by atoms with van der Waals surface area (Å²) in [4.78, 5) is 15.8. The van der Waals surface area contributed by atoms with E-state index in [-0.39, 0.29) is 22.1 Å². The molecule has 4 nitrogen and oxygen atoms in total. The lowest BCUT2D eigenvalue weighted by atomic mass is 10.2. The number of pyridine rings is 1. The molecule has 2 aromatic rings. The van der Waals surface area contributed by atoms with Crippen LogP contribution in [0.25, 0.3) is 0 Å². The maximum absolute atomic E-state index is 12.0. The quantitative estimate of drug-likeness (QED) is 0.881. The third-order valence-electron chi connectivity index (χ3n) is 2.52. The van der Waals surface area contributed by atoms with Crippen molar-refractivity contribution in [3.05, 3.63) is 52.2 Å². The summed E-state index contributed by atoms with van der Waals surface area (Å²) in [5, 5.41) is 3.28. The maximum Gasteiger partial charge on any atom is 0.253 e. The Labute approximate surface area is 120 Å². The van der Waals surface area contributed by atoms with Crippen LogP contribution in [0.3, 0.4) is 0 Å². The Hall–Kier alpha value is -1.52. The molecule has 100 valence electrons. The second-order valence-corrected chi connectivity index (χ2v) is 4.92. The van der Waals surface area contributed by atoms with Gasteiger partial charge in [-0.2, -0.15) is 0 Å². The third-order valence-corrected chi connectivity index (χ3v) is 3.21. The molecule has 1 amide bonds. The molecular weight excluding hydrogens is 287 g/mol. The Morgan fingerprint density at radius 2 is 2.32 bits per heavy atom. The van der Waals surface area contributed by atoms with E-state index >= 15 is 0 Å². The lowest BCUT2D eigenvalue weighted by Crippen LogP contribution is -2.34. The highest BCUT2D eigenvalue weighted by atomic mass is 35.5. The number of rotatable bonds is 4. The molecule has 1 atom stereocenters. The molecule has 19 heavy (non-hydrogen) atoms. The van der Waals surface area contributed by atoms with E-state index in [1.165, 1.54) is 12.3 Å². The molecule has 0 aliphatic rings. The van der Waals surface area contributed by atoms with Crippen molar-refractivity contribution < 1.29 is 9.21 Å². The van der Waals surface area contributed by atoms with E-state index < -0.39 is 0 Å². The Morgan fingerprint density at radius 3 is 2.95 bits per heavy atom. The van der Waals surface area contributed by atoms with Gasteiger partial charge in [-0.15, -0.1) is 0 Å². The van der Waals surface area contributed by atoms with Gasteiger partial charge in [0.1, 0.15) is 10.9 Å². The third kappa shape index (κ3) is 3.72. The molecule has 0 saturated heterocycles. The normalized spacial score (nSPS) is 12.2. The highest BCUT2D eigenvalue weighted by molar-refractivity contribution is 6.41. The predicted molar refractivity (Wildman–Crippen MR) is 73.6 cm³/mol. The number of aromatic nitrogens is 1. The first-order valence-corrected chi connectivity index (χ1v) is 6.46. The van der Waals surface area contributed by atoms with Gasteiger partial charge in [0, 0.05) is 18.7 Å². The van der Waals surface area contributed by atoms with Crippen molar-refractivity contribution >= 4 is 29.1 Å². The second kappa shape index (κ2) is 6.08. The second-order valence-electron chi connectivity index (χ2n) is 4.15. The molecule has 0 spiro atoms. The van der Waals surface area contributed by atoms with Crippen LogP contribution in [-0.2, 0) is 6.42 Å². The van der Waals surface area contributed by atoms with E-state index in [1.54, 1.807) is 6.26 Å². The number of carbonyl (C=O) groups excluding carboxylic acids is 1. The largest absolute Gasteiger partial charge is 0.469 e. The molecule has 2 aromatic heterocycles. The van der Waals surface area contributed by atoms with Crippen molar-refractivity contribution in [2.24, 2.45) is 0 Å². The van der Waals surface area contributed by atoms with Gasteiger partial charge in [0.25, 0.3) is 5.91 Å². The first-order valence-electron chi connectivity index (χ1n) is 5.70. The number of furan rings is 1. The molecule has 2 heterocycles. The standard InChI is InChI=1S/C13H12Cl2N2O2/c1-8(5-10-3-2-4-19-10)17-13(18)9-6-11(14)12(15)16-7-9/h2-4,6-8H,5H2,1H3,(H,17,18). The minimum atomic E-state index is -0.245. The smallest absolute Gasteiger partial charge is 0.253 e. The predicted octanol–water partition coefficient (Wildman–Crippen LogP) is 3.34. The monoisotopic (exact) mass is 298 g/mol. The van der Waals surface area contributed by atoms with Gasteiger partial charge in [-0.3, -0.25) is 4.79 Å². The zero-order chi connectivity index (χ0) is 13.8. The lowest BCUT2D eigenvalue weighted by Gasteiger charge is -2.12. The van der Waals surface area contributed by atoms with Crippen molar-refractivity contribution in [2.75, 3.05) is 0 Å². The zero-order valence-corrected chi connectivity index (χ0v) is 11.7. The van der Waals surface area contributed by atoms with Crippen LogP contribution in [0.5, 0.6) is 0 Å². The van der Waals surface area contributed by atoms with Gasteiger partial charge in [0.05, 0.1) is 16.8 Å². The highest BCUT2D eigenvalue weighted by Crippen LogP contribution is 2.19. The minimum Gasteiger partial charge on any atom is -0.469 e. The maximum atomic E-state index is 12.0. The SMILES string of the molecule is CC(Cc1ccco1)NC(=O)c1cnc(Cl)c(Cl)c1. The van der Waals surface area contributed by atoms with Gasteiger partial charge in [-0.1, -0.05) is 23.2 Å². The van der Waals surface area contributed by atoms with Crippen LogP contribution in [-0.4, -0.2) is 16.9 Å². The lowest BCUT2D eigenvalue weighted by molar-refractivity contribution is 0.0939. The van der Waals surface area contributed by atoms with Crippen molar-refractivity contribution in [1.82, 2.24) is 10.3 Å². The summed E-state index contributed by atoms with van der Waals surface area (Å²) >= 11 is 11.5. The molecule has 1 N–H and O–H groups in total. The van der Waals surface area contributed by atoms with Gasteiger partial charge >= 0.3 is 0 Å². The number of nitrogens with zero attached hydrogens (tertiary/aromatic N) is 1. The number of nitrogens with one attached hydrogen (secondary N) is 1. The van der Waals surface area contributed by atoms with Crippen LogP contribution < -0.4 is 5.32 Å². The van der Waals surface area contributed by atoms with Crippen molar-refractivity contribution in [2.45, 2.75) is 19.4 Å². The van der Waals surface area contributed by atoms with E-state index in [0.717, 1.165) is 5.76 Å². The van der Waals surface area contributed by atoms with Gasteiger partial charge < -0.3 is 9.73 Å². The molecule has 0 saturated carbocycles. The van der Waals surface area contributed by atoms with Crippen molar-refractivity contribution in [1.29, 1.82) is 0 Å². The summed E-state index contributed by atoms with van der Waals surface area (Å²) in [6.07, 6.45) is 3.61. The Bertz CT molecular complexity index is 570. The van der Waals surface area contributed by atoms with Gasteiger partial charge in [0.2, 0.25) is 0 Å². The fraction of sp³-hybridized carbons (Fsp3) is 0.231. The summed E-state index contributed by atoms with van der Waals surface area (Å²) in [5.41, 5.74) is 0.376. The molecule has 0 bridgehead atoms. The minimum absolute atomic E-state index is 0.0619. The molecule has 0 fully saturated rings. The first-order chi connectivity index (χ1) is 9.06. The average molecular weight is 299 g/mol. The van der Waals surface area contributed by atoms with E-state index in [1.807, 2.05) is 19.1 Å². The Morgan fingerprint density at radius 1 is 1.53 bits per heavy atom.